The molecule has 0 aliphatic rings. The van der Waals surface area contributed by atoms with Gasteiger partial charge in [-0.2, -0.15) is 0 Å². The highest BCUT2D eigenvalue weighted by Crippen LogP contribution is 2.45. The molecular formula is C79H96O24. The molecule has 0 amide bonds. The molecule has 24 nitrogen and oxygen atoms in total. The Morgan fingerprint density at radius 2 is 0.476 bits per heavy atom. The lowest BCUT2D eigenvalue weighted by molar-refractivity contribution is -0.160. The van der Waals surface area contributed by atoms with Crippen LogP contribution in [0.15, 0.2) is 158 Å². The van der Waals surface area contributed by atoms with E-state index in [4.69, 9.17) is 48.5 Å². The minimum Gasteiger partial charge on any atom is -0.497 e. The number of aliphatic hydroxyl groups is 4. The predicted octanol–water partition coefficient (Wildman–Crippen LogP) is 8.30. The Bertz CT molecular complexity index is 3630. The second kappa shape index (κ2) is 41.7. The van der Waals surface area contributed by atoms with Crippen molar-refractivity contribution in [1.82, 2.24) is 0 Å². The molecule has 0 atom stereocenters. The van der Waals surface area contributed by atoms with Gasteiger partial charge in [0.2, 0.25) is 0 Å². The highest BCUT2D eigenvalue weighted by molar-refractivity contribution is 6.07. The fourth-order valence-electron chi connectivity index (χ4n) is 10.3. The van der Waals surface area contributed by atoms with Crippen molar-refractivity contribution >= 4 is 69.8 Å². The summed E-state index contributed by atoms with van der Waals surface area (Å²) in [6.07, 6.45) is 0.0833. The van der Waals surface area contributed by atoms with Crippen molar-refractivity contribution in [3.8, 4) is 23.0 Å². The number of hydrogen-bond donors (Lipinski definition) is 4. The number of methoxy groups -OCH3 is 4. The summed E-state index contributed by atoms with van der Waals surface area (Å²) in [5, 5.41) is 36.5. The van der Waals surface area contributed by atoms with Gasteiger partial charge in [-0.25, -0.2) is 0 Å². The maximum absolute atomic E-state index is 12.9. The molecule has 556 valence electrons. The van der Waals surface area contributed by atoms with Crippen LogP contribution in [0.1, 0.15) is 123 Å². The zero-order chi connectivity index (χ0) is 78.1. The maximum atomic E-state index is 12.9. The third-order valence-electron chi connectivity index (χ3n) is 17.4. The van der Waals surface area contributed by atoms with Gasteiger partial charge in [-0.3, -0.25) is 57.5 Å². The van der Waals surface area contributed by atoms with E-state index in [1.165, 1.54) is 83.1 Å². The predicted molar refractivity (Wildman–Crippen MR) is 379 cm³/mol. The van der Waals surface area contributed by atoms with Crippen LogP contribution in [0.3, 0.4) is 0 Å². The van der Waals surface area contributed by atoms with Crippen molar-refractivity contribution in [3.63, 3.8) is 0 Å². The number of carbonyl (C=O) groups excluding carboxylic acids is 12. The van der Waals surface area contributed by atoms with Gasteiger partial charge in [0.25, 0.3) is 0 Å². The van der Waals surface area contributed by atoms with Crippen molar-refractivity contribution in [1.29, 1.82) is 0 Å². The van der Waals surface area contributed by atoms with Gasteiger partial charge in [-0.1, -0.05) is 109 Å². The number of rotatable bonds is 34. The third kappa shape index (κ3) is 23.0. The monoisotopic (exact) mass is 1430 g/mol. The third-order valence-corrected chi connectivity index (χ3v) is 17.4. The zero-order valence-electron chi connectivity index (χ0n) is 61.3. The molecule has 6 aromatic carbocycles. The number of ketones is 10. The second-order valence-corrected chi connectivity index (χ2v) is 24.1. The lowest BCUT2D eigenvalue weighted by Crippen LogP contribution is -2.48. The van der Waals surface area contributed by atoms with Crippen molar-refractivity contribution in [2.45, 2.75) is 101 Å². The molecule has 6 rings (SSSR count). The van der Waals surface area contributed by atoms with E-state index in [2.05, 4.69) is 4.74 Å². The minimum atomic E-state index is -1.68. The first-order valence-corrected chi connectivity index (χ1v) is 32.3. The van der Waals surface area contributed by atoms with Crippen LogP contribution in [0.5, 0.6) is 23.0 Å². The smallest absolute Gasteiger partial charge is 0.302 e. The average Bonchev–Trinajstić information content (AvgIpc) is 0.754. The van der Waals surface area contributed by atoms with Gasteiger partial charge in [0.1, 0.15) is 127 Å². The summed E-state index contributed by atoms with van der Waals surface area (Å²) in [6, 6.07) is 48.7. The van der Waals surface area contributed by atoms with Gasteiger partial charge >= 0.3 is 11.9 Å². The summed E-state index contributed by atoms with van der Waals surface area (Å²) < 4.78 is 44.5. The molecular weight excluding hydrogens is 1330 g/mol. The van der Waals surface area contributed by atoms with Gasteiger partial charge in [0, 0.05) is 13.8 Å². The summed E-state index contributed by atoms with van der Waals surface area (Å²) in [5.74, 6) is -2.45. The van der Waals surface area contributed by atoms with E-state index in [9.17, 15) is 62.6 Å². The van der Waals surface area contributed by atoms with Crippen molar-refractivity contribution in [3.05, 3.63) is 191 Å². The molecule has 0 aromatic heterocycles. The first kappa shape index (κ1) is 89.0. The molecule has 0 spiro atoms. The van der Waals surface area contributed by atoms with Gasteiger partial charge in [-0.05, 0) is 151 Å². The molecule has 0 saturated heterocycles. The van der Waals surface area contributed by atoms with Crippen LogP contribution in [0.4, 0.5) is 0 Å². The van der Waals surface area contributed by atoms with E-state index in [0.717, 1.165) is 33.4 Å². The maximum Gasteiger partial charge on any atom is 0.302 e. The highest BCUT2D eigenvalue weighted by atomic mass is 16.5. The summed E-state index contributed by atoms with van der Waals surface area (Å²) in [5.41, 5.74) is -4.33. The topological polar surface area (TPSA) is 360 Å². The van der Waals surface area contributed by atoms with Crippen LogP contribution in [-0.4, -0.2) is 171 Å². The van der Waals surface area contributed by atoms with Gasteiger partial charge in [-0.15, -0.1) is 0 Å². The molecule has 6 aromatic rings. The Labute approximate surface area is 600 Å². The van der Waals surface area contributed by atoms with Gasteiger partial charge < -0.3 is 58.3 Å². The highest BCUT2D eigenvalue weighted by Gasteiger charge is 2.49. The van der Waals surface area contributed by atoms with E-state index in [0.29, 0.717) is 23.0 Å². The van der Waals surface area contributed by atoms with Gasteiger partial charge in [0.05, 0.1) is 74.5 Å². The normalized spacial score (nSPS) is 11.2. The van der Waals surface area contributed by atoms with E-state index in [-0.39, 0.29) is 31.2 Å². The molecule has 0 aliphatic carbocycles. The Kier molecular flexibility index (Phi) is 36.1. The molecule has 103 heavy (non-hydrogen) atoms. The lowest BCUT2D eigenvalue weighted by Gasteiger charge is -2.39. The molecule has 0 saturated carbocycles. The Balaban J connectivity index is 0.000000496. The number of esters is 2. The fourth-order valence-corrected chi connectivity index (χ4v) is 10.3. The summed E-state index contributed by atoms with van der Waals surface area (Å²) in [7, 11) is 6.36. The molecule has 0 unspecified atom stereocenters. The Hall–Kier alpha value is -10.1. The number of Topliss-reactive ketones (excluding diaryl/α,β-unsaturated/α-hetero) is 10. The molecule has 0 bridgehead atoms. The molecule has 0 aliphatic heterocycles. The van der Waals surface area contributed by atoms with E-state index >= 15 is 0 Å². The van der Waals surface area contributed by atoms with Crippen LogP contribution in [0.25, 0.3) is 0 Å². The summed E-state index contributed by atoms with van der Waals surface area (Å²) in [6.45, 7) is 11.1. The van der Waals surface area contributed by atoms with Crippen LogP contribution in [0.2, 0.25) is 0 Å². The zero-order valence-corrected chi connectivity index (χ0v) is 61.3. The first-order valence-electron chi connectivity index (χ1n) is 32.3. The largest absolute Gasteiger partial charge is 0.497 e. The van der Waals surface area contributed by atoms with Crippen LogP contribution < -0.4 is 18.9 Å². The molecule has 24 heteroatoms. The quantitative estimate of drug-likeness (QED) is 0.0167. The van der Waals surface area contributed by atoms with Crippen molar-refractivity contribution in [2.75, 3.05) is 81.3 Å². The molecule has 0 fully saturated rings. The average molecular weight is 1430 g/mol. The molecule has 4 N–H and O–H groups in total. The number of carbonyl (C=O) groups is 12. The van der Waals surface area contributed by atoms with E-state index in [1.807, 2.05) is 158 Å². The first-order chi connectivity index (χ1) is 48.5. The number of ether oxygens (including phenoxy) is 8. The van der Waals surface area contributed by atoms with Crippen LogP contribution in [0, 0.1) is 21.7 Å². The minimum absolute atomic E-state index is 0.0625. The number of hydrogen-bond acceptors (Lipinski definition) is 24. The van der Waals surface area contributed by atoms with Crippen LogP contribution in [-0.2, 0) is 87.7 Å². The Morgan fingerprint density at radius 1 is 0.272 bits per heavy atom. The van der Waals surface area contributed by atoms with Crippen molar-refractivity contribution < 1.29 is 116 Å². The second-order valence-electron chi connectivity index (χ2n) is 24.1. The Morgan fingerprint density at radius 3 is 0.650 bits per heavy atom. The standard InChI is InChI=1S/C30H32O7.C28H30O6.C9H14O5.C7H12O4.C5H8O2/c1-21(31)29(22(2)32,19-36-23(3)33)20-37-30(24-9-7-6-8-10-24,25-11-15-27(34-4)16-12-25)26-13-17-28(35-5)18-14-26;1-20(30)27(18-29,21(2)31)19-34-28(22-8-6-5-7-9-22,23-10-14-25(32-3)15-11-23)24-12-16-26(33-4)17-13-24;1-6(11)9(4-10,7(2)12)5-14-8(3)13;1-5(10)7(3-8,4-9)6(2)11;1-4(6)3-5(2)7/h6-18H,19-20H2,1-5H3;5-17,29H,18-19H2,1-4H3;10H,4-5H2,1-3H3;8-9H,3-4H2,1-2H3;3H2,1-2H3. The summed E-state index contributed by atoms with van der Waals surface area (Å²) in [4.78, 5) is 137. The molecule has 0 heterocycles. The number of benzene rings is 6. The van der Waals surface area contributed by atoms with Crippen LogP contribution >= 0.6 is 0 Å². The summed E-state index contributed by atoms with van der Waals surface area (Å²) >= 11 is 0. The number of aliphatic hydroxyl groups excluding tert-OH is 4. The SMILES string of the molecule is CC(=O)C(CO)(CO)C(C)=O.CC(=O)CC(C)=O.CC(=O)OCC(CO)(C(C)=O)C(C)=O.COc1ccc(C(OCC(CO)(C(C)=O)C(C)=O)(c2ccccc2)c2ccc(OC)cc2)cc1.COc1ccc(C(OCC(COC(C)=O)(C(C)=O)C(C)=O)(c2ccccc2)c2ccc(OC)cc2)cc1. The molecule has 0 radical (unpaired) electrons. The van der Waals surface area contributed by atoms with Crippen molar-refractivity contribution in [2.24, 2.45) is 21.7 Å². The van der Waals surface area contributed by atoms with Gasteiger partial charge in [0.15, 0.2) is 0 Å². The van der Waals surface area contributed by atoms with E-state index < -0.39 is 131 Å². The lowest BCUT2D eigenvalue weighted by atomic mass is 9.78. The fraction of sp³-hybridized carbons (Fsp3) is 0.392. The van der Waals surface area contributed by atoms with E-state index in [1.54, 1.807) is 28.4 Å².